The number of aryl methyl sites for hydroxylation is 1. The Hall–Kier alpha value is -3.84. The second-order valence-corrected chi connectivity index (χ2v) is 8.94. The van der Waals surface area contributed by atoms with Crippen molar-refractivity contribution in [3.63, 3.8) is 0 Å². The van der Waals surface area contributed by atoms with Crippen LogP contribution >= 0.6 is 0 Å². The molecule has 0 aliphatic carbocycles. The molecule has 7 nitrogen and oxygen atoms in total. The molecule has 0 radical (unpaired) electrons. The summed E-state index contributed by atoms with van der Waals surface area (Å²) in [4.78, 5) is 15.1. The van der Waals surface area contributed by atoms with Crippen LogP contribution < -0.4 is 11.1 Å². The summed E-state index contributed by atoms with van der Waals surface area (Å²) in [6, 6.07) is 25.2. The summed E-state index contributed by atoms with van der Waals surface area (Å²) in [5, 5.41) is 22.3. The van der Waals surface area contributed by atoms with Crippen LogP contribution in [0.1, 0.15) is 23.1 Å². The predicted octanol–water partition coefficient (Wildman–Crippen LogP) is 3.64. The number of amides is 2. The van der Waals surface area contributed by atoms with Gasteiger partial charge < -0.3 is 21.1 Å². The van der Waals surface area contributed by atoms with Gasteiger partial charge in [-0.2, -0.15) is 5.10 Å². The van der Waals surface area contributed by atoms with Gasteiger partial charge in [-0.3, -0.25) is 5.10 Å². The highest BCUT2D eigenvalue weighted by Gasteiger charge is 2.40. The molecule has 1 aromatic heterocycles. The first-order valence-electron chi connectivity index (χ1n) is 11.6. The highest BCUT2D eigenvalue weighted by Crippen LogP contribution is 2.26. The molecule has 5 N–H and O–H groups in total. The SMILES string of the molecule is Nc1n[nH]c2ccc(CN3C(=O)N[C@H](CCc4ccccc4)[C@@H](O)[C@H]3Cc3ccccc3)cc12. The number of nitrogens with one attached hydrogen (secondary N) is 2. The first-order valence-corrected chi connectivity index (χ1v) is 11.6. The highest BCUT2D eigenvalue weighted by molar-refractivity contribution is 5.89. The number of aliphatic hydroxyl groups excluding tert-OH is 1. The van der Waals surface area contributed by atoms with Crippen molar-refractivity contribution in [2.24, 2.45) is 0 Å². The van der Waals surface area contributed by atoms with Crippen molar-refractivity contribution in [3.8, 4) is 0 Å². The quantitative estimate of drug-likeness (QED) is 0.341. The Morgan fingerprint density at radius 1 is 0.941 bits per heavy atom. The zero-order valence-electron chi connectivity index (χ0n) is 18.9. The Morgan fingerprint density at radius 3 is 2.38 bits per heavy atom. The van der Waals surface area contributed by atoms with E-state index in [2.05, 4.69) is 27.6 Å². The molecule has 1 aliphatic heterocycles. The molecule has 1 saturated heterocycles. The van der Waals surface area contributed by atoms with Gasteiger partial charge in [0.2, 0.25) is 0 Å². The van der Waals surface area contributed by atoms with E-state index in [1.807, 2.05) is 66.7 Å². The van der Waals surface area contributed by atoms with Crippen LogP contribution in [0.5, 0.6) is 0 Å². The van der Waals surface area contributed by atoms with Gasteiger partial charge in [-0.25, -0.2) is 4.79 Å². The molecule has 34 heavy (non-hydrogen) atoms. The first-order chi connectivity index (χ1) is 16.6. The monoisotopic (exact) mass is 455 g/mol. The summed E-state index contributed by atoms with van der Waals surface area (Å²) in [5.74, 6) is 0.432. The molecular weight excluding hydrogens is 426 g/mol. The number of fused-ring (bicyclic) bond motifs is 1. The van der Waals surface area contributed by atoms with Crippen LogP contribution in [-0.4, -0.2) is 44.4 Å². The molecule has 0 unspecified atom stereocenters. The number of benzene rings is 3. The van der Waals surface area contributed by atoms with E-state index in [9.17, 15) is 9.90 Å². The number of urea groups is 1. The Morgan fingerprint density at radius 2 is 1.65 bits per heavy atom. The smallest absolute Gasteiger partial charge is 0.318 e. The van der Waals surface area contributed by atoms with Crippen molar-refractivity contribution in [1.29, 1.82) is 0 Å². The molecule has 174 valence electrons. The number of aromatic nitrogens is 2. The van der Waals surface area contributed by atoms with Gasteiger partial charge in [0.25, 0.3) is 0 Å². The van der Waals surface area contributed by atoms with Crippen molar-refractivity contribution in [2.45, 2.75) is 44.0 Å². The number of aliphatic hydroxyl groups is 1. The van der Waals surface area contributed by atoms with Crippen LogP contribution in [0, 0.1) is 0 Å². The Bertz CT molecular complexity index is 1260. The Labute approximate surface area is 198 Å². The van der Waals surface area contributed by atoms with Gasteiger partial charge >= 0.3 is 6.03 Å². The van der Waals surface area contributed by atoms with Gasteiger partial charge in [0.1, 0.15) is 0 Å². The number of aromatic amines is 1. The van der Waals surface area contributed by atoms with E-state index >= 15 is 0 Å². The van der Waals surface area contributed by atoms with Crippen molar-refractivity contribution in [3.05, 3.63) is 95.6 Å². The van der Waals surface area contributed by atoms with E-state index in [1.54, 1.807) is 4.90 Å². The number of carbonyl (C=O) groups excluding carboxylic acids is 1. The molecule has 0 saturated carbocycles. The number of H-pyrrole nitrogens is 1. The van der Waals surface area contributed by atoms with E-state index < -0.39 is 6.10 Å². The molecule has 5 rings (SSSR count). The Balaban J connectivity index is 1.39. The summed E-state index contributed by atoms with van der Waals surface area (Å²) in [6.45, 7) is 0.367. The van der Waals surface area contributed by atoms with Gasteiger partial charge in [0, 0.05) is 11.9 Å². The van der Waals surface area contributed by atoms with Crippen molar-refractivity contribution >= 4 is 22.8 Å². The third-order valence-electron chi connectivity index (χ3n) is 6.66. The fourth-order valence-electron chi connectivity index (χ4n) is 4.79. The van der Waals surface area contributed by atoms with Crippen molar-refractivity contribution in [2.75, 3.05) is 5.73 Å². The van der Waals surface area contributed by atoms with Crippen LogP contribution in [0.2, 0.25) is 0 Å². The normalized spacial score (nSPS) is 20.4. The molecule has 1 aliphatic rings. The summed E-state index contributed by atoms with van der Waals surface area (Å²) in [6.07, 6.45) is 1.34. The number of hydrogen-bond donors (Lipinski definition) is 4. The number of carbonyl (C=O) groups is 1. The lowest BCUT2D eigenvalue weighted by Crippen LogP contribution is -2.65. The third kappa shape index (κ3) is 4.61. The van der Waals surface area contributed by atoms with Crippen LogP contribution in [0.4, 0.5) is 10.6 Å². The summed E-state index contributed by atoms with van der Waals surface area (Å²) in [7, 11) is 0. The molecule has 3 aromatic carbocycles. The zero-order chi connectivity index (χ0) is 23.5. The standard InChI is InChI=1S/C27H29N5O2/c28-26-21-15-20(12-13-22(21)30-31-26)17-32-24(16-19-9-5-2-6-10-19)25(33)23(29-27(32)34)14-11-18-7-3-1-4-8-18/h1-10,12-13,15,23-25,33H,11,14,16-17H2,(H,29,34)(H3,28,30,31)/t23-,24-,25-/m1/s1. The van der Waals surface area contributed by atoms with Crippen molar-refractivity contribution < 1.29 is 9.90 Å². The number of rotatable bonds is 7. The minimum Gasteiger partial charge on any atom is -0.389 e. The van der Waals surface area contributed by atoms with Crippen LogP contribution in [0.15, 0.2) is 78.9 Å². The molecule has 0 bridgehead atoms. The highest BCUT2D eigenvalue weighted by atomic mass is 16.3. The van der Waals surface area contributed by atoms with Gasteiger partial charge in [0.05, 0.1) is 23.7 Å². The maximum atomic E-state index is 13.3. The molecular formula is C27H29N5O2. The second kappa shape index (κ2) is 9.57. The maximum absolute atomic E-state index is 13.3. The lowest BCUT2D eigenvalue weighted by atomic mass is 9.89. The predicted molar refractivity (Wildman–Crippen MR) is 133 cm³/mol. The summed E-state index contributed by atoms with van der Waals surface area (Å²) in [5.41, 5.74) is 10.0. The molecule has 3 atom stereocenters. The molecule has 7 heteroatoms. The molecule has 2 amide bonds. The third-order valence-corrected chi connectivity index (χ3v) is 6.66. The number of anilines is 1. The lowest BCUT2D eigenvalue weighted by Gasteiger charge is -2.44. The average Bonchev–Trinajstić information content (AvgIpc) is 3.24. The van der Waals surface area contributed by atoms with Crippen LogP contribution in [-0.2, 0) is 19.4 Å². The van der Waals surface area contributed by atoms with Crippen molar-refractivity contribution in [1.82, 2.24) is 20.4 Å². The molecule has 2 heterocycles. The van der Waals surface area contributed by atoms with Gasteiger partial charge in [-0.1, -0.05) is 66.7 Å². The lowest BCUT2D eigenvalue weighted by molar-refractivity contribution is 0.0100. The zero-order valence-corrected chi connectivity index (χ0v) is 18.9. The largest absolute Gasteiger partial charge is 0.389 e. The van der Waals surface area contributed by atoms with E-state index in [-0.39, 0.29) is 18.1 Å². The second-order valence-electron chi connectivity index (χ2n) is 8.94. The van der Waals surface area contributed by atoms with Gasteiger partial charge in [0.15, 0.2) is 5.82 Å². The maximum Gasteiger partial charge on any atom is 0.318 e. The molecule has 1 fully saturated rings. The van der Waals surface area contributed by atoms with E-state index in [4.69, 9.17) is 5.73 Å². The Kier molecular flexibility index (Phi) is 6.18. The number of nitrogens with zero attached hydrogens (tertiary/aromatic N) is 2. The minimum atomic E-state index is -0.704. The topological polar surface area (TPSA) is 107 Å². The number of hydrogen-bond acceptors (Lipinski definition) is 4. The number of nitrogens with two attached hydrogens (primary N) is 1. The van der Waals surface area contributed by atoms with Gasteiger partial charge in [-0.15, -0.1) is 0 Å². The number of nitrogen functional groups attached to an aromatic ring is 1. The fourth-order valence-corrected chi connectivity index (χ4v) is 4.79. The molecule has 4 aromatic rings. The van der Waals surface area contributed by atoms with E-state index in [1.165, 1.54) is 5.56 Å². The van der Waals surface area contributed by atoms with E-state index in [0.717, 1.165) is 28.5 Å². The average molecular weight is 456 g/mol. The van der Waals surface area contributed by atoms with Crippen LogP contribution in [0.25, 0.3) is 10.9 Å². The van der Waals surface area contributed by atoms with Crippen LogP contribution in [0.3, 0.4) is 0 Å². The molecule has 0 spiro atoms. The summed E-state index contributed by atoms with van der Waals surface area (Å²) < 4.78 is 0. The first kappa shape index (κ1) is 22.0. The van der Waals surface area contributed by atoms with Gasteiger partial charge in [-0.05, 0) is 48.1 Å². The minimum absolute atomic E-state index is 0.162. The fraction of sp³-hybridized carbons (Fsp3) is 0.259. The summed E-state index contributed by atoms with van der Waals surface area (Å²) >= 11 is 0. The van der Waals surface area contributed by atoms with E-state index in [0.29, 0.717) is 25.2 Å².